The molecule has 2 aromatic carbocycles. The summed E-state index contributed by atoms with van der Waals surface area (Å²) in [5.74, 6) is -0.0226. The van der Waals surface area contributed by atoms with E-state index >= 15 is 0 Å². The number of carbonyl (C=O) groups excluding carboxylic acids is 2. The van der Waals surface area contributed by atoms with Gasteiger partial charge in [-0.3, -0.25) is 13.9 Å². The fourth-order valence-electron chi connectivity index (χ4n) is 3.90. The van der Waals surface area contributed by atoms with Crippen LogP contribution in [-0.2, 0) is 19.6 Å². The molecule has 0 heterocycles. The van der Waals surface area contributed by atoms with Crippen LogP contribution in [0.25, 0.3) is 0 Å². The number of halogens is 1. The second kappa shape index (κ2) is 13.3. The third-order valence-electron chi connectivity index (χ3n) is 5.72. The van der Waals surface area contributed by atoms with Crippen molar-refractivity contribution >= 4 is 45.3 Å². The van der Waals surface area contributed by atoms with Gasteiger partial charge in [-0.15, -0.1) is 0 Å². The number of rotatable bonds is 11. The summed E-state index contributed by atoms with van der Waals surface area (Å²) in [5.41, 5.74) is 3.12. The molecule has 0 bridgehead atoms. The molecule has 0 aromatic heterocycles. The number of nitrogens with one attached hydrogen (secondary N) is 2. The van der Waals surface area contributed by atoms with Crippen LogP contribution in [0.2, 0.25) is 5.02 Å². The van der Waals surface area contributed by atoms with Crippen molar-refractivity contribution < 1.29 is 27.5 Å². The lowest BCUT2D eigenvalue weighted by molar-refractivity contribution is -0.124. The van der Waals surface area contributed by atoms with Gasteiger partial charge in [-0.2, -0.15) is 5.10 Å². The van der Waals surface area contributed by atoms with Gasteiger partial charge in [0.15, 0.2) is 6.61 Å². The molecule has 200 valence electrons. The number of sulfonamides is 1. The Morgan fingerprint density at radius 1 is 1.11 bits per heavy atom. The maximum absolute atomic E-state index is 12.4. The summed E-state index contributed by atoms with van der Waals surface area (Å²) >= 11 is 6.01. The van der Waals surface area contributed by atoms with Crippen molar-refractivity contribution in [3.05, 3.63) is 53.1 Å². The third kappa shape index (κ3) is 8.94. The largest absolute Gasteiger partial charge is 0.495 e. The summed E-state index contributed by atoms with van der Waals surface area (Å²) < 4.78 is 36.3. The highest BCUT2D eigenvalue weighted by Gasteiger charge is 2.24. The van der Waals surface area contributed by atoms with E-state index in [1.54, 1.807) is 30.3 Å². The van der Waals surface area contributed by atoms with E-state index in [1.165, 1.54) is 31.9 Å². The molecule has 0 saturated heterocycles. The maximum atomic E-state index is 12.4. The molecule has 1 aliphatic rings. The van der Waals surface area contributed by atoms with Gasteiger partial charge in [-0.05, 0) is 60.9 Å². The van der Waals surface area contributed by atoms with E-state index in [2.05, 4.69) is 15.8 Å². The van der Waals surface area contributed by atoms with Crippen LogP contribution in [0.1, 0.15) is 37.7 Å². The average molecular weight is 551 g/mol. The van der Waals surface area contributed by atoms with E-state index in [-0.39, 0.29) is 30.0 Å². The van der Waals surface area contributed by atoms with Crippen LogP contribution in [-0.4, -0.2) is 59.0 Å². The van der Waals surface area contributed by atoms with Crippen LogP contribution >= 0.6 is 11.6 Å². The number of hydrazone groups is 1. The Balaban J connectivity index is 1.51. The first-order valence-electron chi connectivity index (χ1n) is 11.8. The van der Waals surface area contributed by atoms with E-state index in [0.29, 0.717) is 16.3 Å². The predicted octanol–water partition coefficient (Wildman–Crippen LogP) is 3.09. The lowest BCUT2D eigenvalue weighted by Crippen LogP contribution is -2.39. The lowest BCUT2D eigenvalue weighted by atomic mass is 9.95. The first kappa shape index (κ1) is 28.3. The number of anilines is 1. The monoisotopic (exact) mass is 550 g/mol. The Labute approximate surface area is 222 Å². The lowest BCUT2D eigenvalue weighted by Gasteiger charge is -2.23. The van der Waals surface area contributed by atoms with Crippen LogP contribution in [0.4, 0.5) is 5.69 Å². The van der Waals surface area contributed by atoms with Crippen LogP contribution < -0.4 is 24.5 Å². The number of nitrogens with zero attached hydrogens (tertiary/aromatic N) is 2. The summed E-state index contributed by atoms with van der Waals surface area (Å²) in [4.78, 5) is 24.5. The van der Waals surface area contributed by atoms with Crippen molar-refractivity contribution in [1.82, 2.24) is 10.7 Å². The number of hydrogen-bond donors (Lipinski definition) is 2. The van der Waals surface area contributed by atoms with Crippen molar-refractivity contribution in [3.8, 4) is 11.5 Å². The van der Waals surface area contributed by atoms with Gasteiger partial charge >= 0.3 is 0 Å². The quantitative estimate of drug-likeness (QED) is 0.327. The highest BCUT2D eigenvalue weighted by Crippen LogP contribution is 2.32. The fourth-order valence-corrected chi connectivity index (χ4v) is 4.92. The molecule has 2 N–H and O–H groups in total. The Morgan fingerprint density at radius 3 is 2.46 bits per heavy atom. The molecular weight excluding hydrogens is 520 g/mol. The molecule has 1 saturated carbocycles. The molecule has 3 rings (SSSR count). The van der Waals surface area contributed by atoms with E-state index < -0.39 is 22.5 Å². The third-order valence-corrected chi connectivity index (χ3v) is 7.08. The van der Waals surface area contributed by atoms with Crippen LogP contribution in [0, 0.1) is 0 Å². The molecule has 1 aliphatic carbocycles. The summed E-state index contributed by atoms with van der Waals surface area (Å²) in [7, 11) is -2.44. The average Bonchev–Trinajstić information content (AvgIpc) is 2.87. The van der Waals surface area contributed by atoms with E-state index in [1.807, 2.05) is 0 Å². The van der Waals surface area contributed by atoms with E-state index in [0.717, 1.165) is 36.2 Å². The van der Waals surface area contributed by atoms with Crippen LogP contribution in [0.5, 0.6) is 11.5 Å². The molecule has 0 atom stereocenters. The van der Waals surface area contributed by atoms with Gasteiger partial charge in [0.25, 0.3) is 11.8 Å². The molecule has 0 radical (unpaired) electrons. The smallest absolute Gasteiger partial charge is 0.260 e. The van der Waals surface area contributed by atoms with Crippen molar-refractivity contribution in [1.29, 1.82) is 0 Å². The summed E-state index contributed by atoms with van der Waals surface area (Å²) in [6, 6.07) is 11.5. The summed E-state index contributed by atoms with van der Waals surface area (Å²) in [5, 5.41) is 7.18. The van der Waals surface area contributed by atoms with Crippen molar-refractivity contribution in [3.63, 3.8) is 0 Å². The number of carbonyl (C=O) groups is 2. The second-order valence-electron chi connectivity index (χ2n) is 8.64. The minimum atomic E-state index is -3.83. The van der Waals surface area contributed by atoms with Crippen molar-refractivity contribution in [2.45, 2.75) is 38.1 Å². The zero-order valence-corrected chi connectivity index (χ0v) is 22.3. The number of ether oxygens (including phenoxy) is 2. The van der Waals surface area contributed by atoms with Crippen molar-refractivity contribution in [2.24, 2.45) is 5.10 Å². The molecular formula is C25H31ClN4O6S. The number of benzene rings is 2. The van der Waals surface area contributed by atoms with Crippen LogP contribution in [0.15, 0.2) is 47.6 Å². The molecule has 2 amide bonds. The minimum absolute atomic E-state index is 0.0613. The molecule has 12 heteroatoms. The van der Waals surface area contributed by atoms with Gasteiger partial charge < -0.3 is 14.8 Å². The van der Waals surface area contributed by atoms with Gasteiger partial charge in [0.1, 0.15) is 18.0 Å². The number of hydrogen-bond acceptors (Lipinski definition) is 7. The Hall–Kier alpha value is -3.31. The highest BCUT2D eigenvalue weighted by molar-refractivity contribution is 7.92. The number of amides is 2. The fraction of sp³-hybridized carbons (Fsp3) is 0.400. The standard InChI is InChI=1S/C25H31ClN4O6S/c1-35-23-13-10-19(26)14-22(23)30(37(2,33)34)16-24(31)29-27-15-18-8-11-21(12-9-18)36-17-25(32)28-20-6-4-3-5-7-20/h8-15,20H,3-7,16-17H2,1-2H3,(H,28,32)(H,29,31)/b27-15-. The van der Waals surface area contributed by atoms with E-state index in [4.69, 9.17) is 21.1 Å². The summed E-state index contributed by atoms with van der Waals surface area (Å²) in [6.45, 7) is -0.586. The summed E-state index contributed by atoms with van der Waals surface area (Å²) in [6.07, 6.45) is 7.91. The van der Waals surface area contributed by atoms with Gasteiger partial charge in [-0.1, -0.05) is 30.9 Å². The molecule has 0 aliphatic heterocycles. The highest BCUT2D eigenvalue weighted by atomic mass is 35.5. The van der Waals surface area contributed by atoms with Crippen molar-refractivity contribution in [2.75, 3.05) is 30.8 Å². The first-order chi connectivity index (χ1) is 17.7. The molecule has 0 spiro atoms. The Morgan fingerprint density at radius 2 is 1.81 bits per heavy atom. The molecule has 0 unspecified atom stereocenters. The normalized spacial score (nSPS) is 14.2. The van der Waals surface area contributed by atoms with Crippen LogP contribution in [0.3, 0.4) is 0 Å². The zero-order chi connectivity index (χ0) is 26.8. The van der Waals surface area contributed by atoms with Gasteiger partial charge in [-0.25, -0.2) is 13.8 Å². The minimum Gasteiger partial charge on any atom is -0.495 e. The SMILES string of the molecule is COc1ccc(Cl)cc1N(CC(=O)N/N=C\c1ccc(OCC(=O)NC2CCCCC2)cc1)S(C)(=O)=O. The topological polar surface area (TPSA) is 126 Å². The molecule has 1 fully saturated rings. The molecule has 2 aromatic rings. The Bertz CT molecular complexity index is 1210. The first-order valence-corrected chi connectivity index (χ1v) is 14.0. The van der Waals surface area contributed by atoms with E-state index in [9.17, 15) is 18.0 Å². The number of methoxy groups -OCH3 is 1. The second-order valence-corrected chi connectivity index (χ2v) is 11.0. The molecule has 37 heavy (non-hydrogen) atoms. The predicted molar refractivity (Wildman–Crippen MR) is 143 cm³/mol. The Kier molecular flexibility index (Phi) is 10.2. The van der Waals surface area contributed by atoms with Gasteiger partial charge in [0.05, 0.1) is 25.3 Å². The zero-order valence-electron chi connectivity index (χ0n) is 20.8. The van der Waals surface area contributed by atoms with Gasteiger partial charge in [0, 0.05) is 11.1 Å². The molecule has 10 nitrogen and oxygen atoms in total. The maximum Gasteiger partial charge on any atom is 0.260 e. The van der Waals surface area contributed by atoms with Gasteiger partial charge in [0.2, 0.25) is 10.0 Å².